The highest BCUT2D eigenvalue weighted by molar-refractivity contribution is 6.33. The highest BCUT2D eigenvalue weighted by atomic mass is 35.5. The molecule has 1 aliphatic carbocycles. The summed E-state index contributed by atoms with van der Waals surface area (Å²) in [5.41, 5.74) is 0.831. The van der Waals surface area contributed by atoms with Crippen molar-refractivity contribution in [1.82, 2.24) is 0 Å². The molecule has 1 amide bonds. The van der Waals surface area contributed by atoms with Crippen LogP contribution in [0.3, 0.4) is 0 Å². The lowest BCUT2D eigenvalue weighted by atomic mass is 9.77. The minimum atomic E-state index is -0.259. The van der Waals surface area contributed by atoms with Gasteiger partial charge in [-0.15, -0.1) is 0 Å². The van der Waals surface area contributed by atoms with Gasteiger partial charge < -0.3 is 5.32 Å². The largest absolute Gasteiger partial charge is 0.324 e. The fourth-order valence-corrected chi connectivity index (χ4v) is 3.53. The molecule has 1 aromatic carbocycles. The summed E-state index contributed by atoms with van der Waals surface area (Å²) in [5, 5.41) is 12.2. The molecule has 0 radical (unpaired) electrons. The zero-order valence-electron chi connectivity index (χ0n) is 12.6. The predicted molar refractivity (Wildman–Crippen MR) is 85.2 cm³/mol. The molecule has 1 aliphatic rings. The lowest BCUT2D eigenvalue weighted by Crippen LogP contribution is -2.35. The molecule has 0 aromatic heterocycles. The van der Waals surface area contributed by atoms with Gasteiger partial charge in [0.1, 0.15) is 0 Å². The lowest BCUT2D eigenvalue weighted by molar-refractivity contribution is -0.126. The lowest BCUT2D eigenvalue weighted by Gasteiger charge is -2.29. The molecule has 0 saturated heterocycles. The number of hydrogen-bond acceptors (Lipinski definition) is 2. The Bertz CT molecular complexity index is 569. The second-order valence-corrected chi connectivity index (χ2v) is 6.75. The number of carbonyl (C=O) groups is 1. The van der Waals surface area contributed by atoms with Crippen molar-refractivity contribution in [3.05, 3.63) is 28.8 Å². The van der Waals surface area contributed by atoms with Gasteiger partial charge in [-0.05, 0) is 43.4 Å². The fourth-order valence-electron chi connectivity index (χ4n) is 3.30. The first-order valence-corrected chi connectivity index (χ1v) is 7.86. The summed E-state index contributed by atoms with van der Waals surface area (Å²) >= 11 is 6.14. The van der Waals surface area contributed by atoms with Crippen molar-refractivity contribution < 1.29 is 4.79 Å². The van der Waals surface area contributed by atoms with Crippen molar-refractivity contribution in [3.8, 4) is 6.07 Å². The van der Waals surface area contributed by atoms with Crippen LogP contribution >= 0.6 is 11.6 Å². The summed E-state index contributed by atoms with van der Waals surface area (Å²) in [7, 11) is 0. The van der Waals surface area contributed by atoms with Crippen LogP contribution in [0.25, 0.3) is 0 Å². The molecular formula is C17H21ClN2O. The van der Waals surface area contributed by atoms with Gasteiger partial charge in [0.15, 0.2) is 0 Å². The molecule has 0 atom stereocenters. The van der Waals surface area contributed by atoms with Crippen molar-refractivity contribution in [1.29, 1.82) is 5.26 Å². The quantitative estimate of drug-likeness (QED) is 0.872. The third kappa shape index (κ3) is 3.57. The number of hydrogen-bond donors (Lipinski definition) is 1. The van der Waals surface area contributed by atoms with E-state index in [1.54, 1.807) is 18.2 Å². The molecule has 0 unspecified atom stereocenters. The van der Waals surface area contributed by atoms with Crippen LogP contribution in [0, 0.1) is 22.7 Å². The fraction of sp³-hybridized carbons (Fsp3) is 0.529. The molecule has 0 spiro atoms. The van der Waals surface area contributed by atoms with Gasteiger partial charge in [0, 0.05) is 5.41 Å². The van der Waals surface area contributed by atoms with Crippen LogP contribution < -0.4 is 5.32 Å². The zero-order chi connectivity index (χ0) is 15.5. The smallest absolute Gasteiger partial charge is 0.230 e. The highest BCUT2D eigenvalue weighted by Gasteiger charge is 2.41. The predicted octanol–water partition coefficient (Wildman–Crippen LogP) is 4.76. The number of benzene rings is 1. The molecule has 1 N–H and O–H groups in total. The molecular weight excluding hydrogens is 284 g/mol. The van der Waals surface area contributed by atoms with Crippen LogP contribution in [0.15, 0.2) is 18.2 Å². The number of nitriles is 1. The first-order valence-electron chi connectivity index (χ1n) is 7.48. The average molecular weight is 305 g/mol. The van der Waals surface area contributed by atoms with Gasteiger partial charge in [0.05, 0.1) is 22.3 Å². The van der Waals surface area contributed by atoms with Crippen LogP contribution in [0.1, 0.15) is 51.5 Å². The van der Waals surface area contributed by atoms with Gasteiger partial charge in [-0.1, -0.05) is 38.3 Å². The highest BCUT2D eigenvalue weighted by Crippen LogP contribution is 2.44. The number of carbonyl (C=O) groups excluding carboxylic acids is 1. The van der Waals surface area contributed by atoms with E-state index in [1.807, 2.05) is 6.07 Å². The van der Waals surface area contributed by atoms with Crippen LogP contribution in [-0.4, -0.2) is 5.91 Å². The van der Waals surface area contributed by atoms with Crippen molar-refractivity contribution in [2.24, 2.45) is 11.3 Å². The maximum atomic E-state index is 12.7. The van der Waals surface area contributed by atoms with E-state index < -0.39 is 0 Å². The van der Waals surface area contributed by atoms with E-state index >= 15 is 0 Å². The number of rotatable bonds is 4. The van der Waals surface area contributed by atoms with E-state index in [1.165, 1.54) is 0 Å². The Hall–Kier alpha value is -1.53. The van der Waals surface area contributed by atoms with Gasteiger partial charge in [-0.3, -0.25) is 4.79 Å². The van der Waals surface area contributed by atoms with Gasteiger partial charge >= 0.3 is 0 Å². The summed E-state index contributed by atoms with van der Waals surface area (Å²) in [5.74, 6) is 0.561. The van der Waals surface area contributed by atoms with Gasteiger partial charge in [0.25, 0.3) is 0 Å². The minimum absolute atomic E-state index is 0.0697. The molecule has 0 aliphatic heterocycles. The van der Waals surface area contributed by atoms with Gasteiger partial charge in [-0.2, -0.15) is 5.26 Å². The Balaban J connectivity index is 2.18. The Labute approximate surface area is 131 Å². The Morgan fingerprint density at radius 1 is 1.43 bits per heavy atom. The van der Waals surface area contributed by atoms with E-state index in [9.17, 15) is 4.79 Å². The Morgan fingerprint density at radius 2 is 2.10 bits per heavy atom. The van der Waals surface area contributed by atoms with Crippen molar-refractivity contribution >= 4 is 23.2 Å². The second kappa shape index (κ2) is 6.49. The van der Waals surface area contributed by atoms with E-state index in [-0.39, 0.29) is 11.3 Å². The average Bonchev–Trinajstić information content (AvgIpc) is 2.89. The monoisotopic (exact) mass is 304 g/mol. The Morgan fingerprint density at radius 3 is 2.62 bits per heavy atom. The van der Waals surface area contributed by atoms with Crippen LogP contribution in [-0.2, 0) is 4.79 Å². The van der Waals surface area contributed by atoms with Crippen LogP contribution in [0.5, 0.6) is 0 Å². The van der Waals surface area contributed by atoms with E-state index in [2.05, 4.69) is 19.2 Å². The maximum Gasteiger partial charge on any atom is 0.230 e. The molecule has 0 bridgehead atoms. The number of halogens is 1. The SMILES string of the molecule is CC(C)CC1(C(=O)Nc2ccc(C#N)cc2Cl)CCCC1. The van der Waals surface area contributed by atoms with Crippen molar-refractivity contribution in [2.75, 3.05) is 5.32 Å². The van der Waals surface area contributed by atoms with E-state index in [0.717, 1.165) is 32.1 Å². The van der Waals surface area contributed by atoms with Crippen molar-refractivity contribution in [2.45, 2.75) is 46.0 Å². The maximum absolute atomic E-state index is 12.7. The Kier molecular flexibility index (Phi) is 4.90. The number of nitrogens with zero attached hydrogens (tertiary/aromatic N) is 1. The molecule has 112 valence electrons. The normalized spacial score (nSPS) is 16.7. The number of nitrogens with one attached hydrogen (secondary N) is 1. The molecule has 1 aromatic rings. The summed E-state index contributed by atoms with van der Waals surface area (Å²) in [6, 6.07) is 7.00. The second-order valence-electron chi connectivity index (χ2n) is 6.35. The summed E-state index contributed by atoms with van der Waals surface area (Å²) < 4.78 is 0. The molecule has 21 heavy (non-hydrogen) atoms. The first-order chi connectivity index (χ1) is 9.97. The number of amides is 1. The standard InChI is InChI=1S/C17H21ClN2O/c1-12(2)10-17(7-3-4-8-17)16(21)20-15-6-5-13(11-19)9-14(15)18/h5-6,9,12H,3-4,7-8,10H2,1-2H3,(H,20,21). The summed E-state index contributed by atoms with van der Waals surface area (Å²) in [6.07, 6.45) is 5.03. The molecule has 2 rings (SSSR count). The molecule has 3 nitrogen and oxygen atoms in total. The number of anilines is 1. The van der Waals surface area contributed by atoms with E-state index in [0.29, 0.717) is 22.2 Å². The third-order valence-electron chi connectivity index (χ3n) is 4.19. The minimum Gasteiger partial charge on any atom is -0.324 e. The van der Waals surface area contributed by atoms with Crippen LogP contribution in [0.4, 0.5) is 5.69 Å². The van der Waals surface area contributed by atoms with Gasteiger partial charge in [0.2, 0.25) is 5.91 Å². The molecule has 0 heterocycles. The molecule has 1 saturated carbocycles. The summed E-state index contributed by atoms with van der Waals surface area (Å²) in [6.45, 7) is 4.31. The summed E-state index contributed by atoms with van der Waals surface area (Å²) in [4.78, 5) is 12.7. The van der Waals surface area contributed by atoms with Gasteiger partial charge in [-0.25, -0.2) is 0 Å². The van der Waals surface area contributed by atoms with Crippen LogP contribution in [0.2, 0.25) is 5.02 Å². The topological polar surface area (TPSA) is 52.9 Å². The zero-order valence-corrected chi connectivity index (χ0v) is 13.3. The molecule has 4 heteroatoms. The van der Waals surface area contributed by atoms with Crippen molar-refractivity contribution in [3.63, 3.8) is 0 Å². The first kappa shape index (κ1) is 15.9. The molecule has 1 fully saturated rings. The van der Waals surface area contributed by atoms with E-state index in [4.69, 9.17) is 16.9 Å². The third-order valence-corrected chi connectivity index (χ3v) is 4.50.